The number of benzene rings is 1. The molecule has 0 atom stereocenters. The average molecular weight is 352 g/mol. The Morgan fingerprint density at radius 2 is 1.90 bits per heavy atom. The summed E-state index contributed by atoms with van der Waals surface area (Å²) in [5, 5.41) is 3.59. The fourth-order valence-corrected chi connectivity index (χ4v) is 3.59. The molecule has 0 radical (unpaired) electrons. The van der Waals surface area contributed by atoms with Crippen molar-refractivity contribution >= 4 is 15.9 Å². The Hall–Kier alpha value is -0.540. The van der Waals surface area contributed by atoms with Crippen molar-refractivity contribution in [3.8, 4) is 5.75 Å². The van der Waals surface area contributed by atoms with Gasteiger partial charge in [0, 0.05) is 22.6 Å². The second-order valence-corrected chi connectivity index (χ2v) is 7.49. The summed E-state index contributed by atoms with van der Waals surface area (Å²) in [5.74, 6) is 2.00. The van der Waals surface area contributed by atoms with Gasteiger partial charge in [-0.25, -0.2) is 0 Å². The van der Waals surface area contributed by atoms with Gasteiger partial charge in [-0.2, -0.15) is 0 Å². The largest absolute Gasteiger partial charge is 0.490 e. The van der Waals surface area contributed by atoms with E-state index in [4.69, 9.17) is 4.74 Å². The summed E-state index contributed by atoms with van der Waals surface area (Å²) >= 11 is 3.58. The minimum absolute atomic E-state index is 0.411. The third kappa shape index (κ3) is 4.46. The molecule has 3 heteroatoms. The predicted molar refractivity (Wildman–Crippen MR) is 90.7 cm³/mol. The van der Waals surface area contributed by atoms with Gasteiger partial charge in [-0.15, -0.1) is 0 Å². The topological polar surface area (TPSA) is 21.3 Å². The van der Waals surface area contributed by atoms with Gasteiger partial charge in [0.15, 0.2) is 0 Å². The van der Waals surface area contributed by atoms with Crippen molar-refractivity contribution in [2.45, 2.75) is 70.6 Å². The van der Waals surface area contributed by atoms with Crippen LogP contribution >= 0.6 is 15.9 Å². The predicted octanol–water partition coefficient (Wildman–Crippen LogP) is 5.05. The molecule has 0 aromatic heterocycles. The van der Waals surface area contributed by atoms with E-state index in [2.05, 4.69) is 46.4 Å². The van der Waals surface area contributed by atoms with Gasteiger partial charge in [-0.1, -0.05) is 29.3 Å². The van der Waals surface area contributed by atoms with Crippen LogP contribution in [0.2, 0.25) is 0 Å². The van der Waals surface area contributed by atoms with Crippen molar-refractivity contribution in [3.63, 3.8) is 0 Å². The summed E-state index contributed by atoms with van der Waals surface area (Å²) in [6.45, 7) is 3.23. The minimum Gasteiger partial charge on any atom is -0.490 e. The molecule has 2 aliphatic carbocycles. The van der Waals surface area contributed by atoms with Crippen molar-refractivity contribution in [3.05, 3.63) is 28.2 Å². The van der Waals surface area contributed by atoms with Crippen molar-refractivity contribution in [2.75, 3.05) is 0 Å². The lowest BCUT2D eigenvalue weighted by atomic mass is 9.86. The molecular weight excluding hydrogens is 326 g/mol. The molecule has 0 unspecified atom stereocenters. The molecule has 2 nitrogen and oxygen atoms in total. The maximum atomic E-state index is 6.33. The van der Waals surface area contributed by atoms with Crippen molar-refractivity contribution in [1.82, 2.24) is 5.32 Å². The Balaban J connectivity index is 1.60. The molecule has 2 fully saturated rings. The summed E-state index contributed by atoms with van der Waals surface area (Å²) < 4.78 is 7.46. The molecule has 21 heavy (non-hydrogen) atoms. The molecule has 0 aliphatic heterocycles. The molecular formula is C18H26BrNO. The van der Waals surface area contributed by atoms with E-state index in [-0.39, 0.29) is 0 Å². The first-order valence-electron chi connectivity index (χ1n) is 8.43. The molecule has 0 amide bonds. The molecule has 0 spiro atoms. The number of hydrogen-bond acceptors (Lipinski definition) is 2. The maximum absolute atomic E-state index is 6.33. The zero-order valence-electron chi connectivity index (χ0n) is 12.9. The number of ether oxygens (including phenoxy) is 1. The quantitative estimate of drug-likeness (QED) is 0.774. The standard InChI is InChI=1S/C18H26BrNO/c1-2-13-3-8-17(9-4-13)21-18-10-5-15(19)11-14(18)12-20-16-6-7-16/h5,10-11,13,16-17,20H,2-4,6-9,12H2,1H3. The zero-order chi connectivity index (χ0) is 14.7. The molecule has 0 heterocycles. The first kappa shape index (κ1) is 15.4. The highest BCUT2D eigenvalue weighted by atomic mass is 79.9. The summed E-state index contributed by atoms with van der Waals surface area (Å²) in [5.41, 5.74) is 1.29. The third-order valence-corrected chi connectivity index (χ3v) is 5.34. The second kappa shape index (κ2) is 7.15. The van der Waals surface area contributed by atoms with E-state index in [1.807, 2.05) is 0 Å². The zero-order valence-corrected chi connectivity index (χ0v) is 14.5. The summed E-state index contributed by atoms with van der Waals surface area (Å²) in [7, 11) is 0. The van der Waals surface area contributed by atoms with Crippen LogP contribution in [-0.2, 0) is 6.54 Å². The minimum atomic E-state index is 0.411. The first-order valence-corrected chi connectivity index (χ1v) is 9.22. The summed E-state index contributed by atoms with van der Waals surface area (Å²) in [4.78, 5) is 0. The second-order valence-electron chi connectivity index (χ2n) is 6.58. The van der Waals surface area contributed by atoms with Crippen LogP contribution in [-0.4, -0.2) is 12.1 Å². The molecule has 3 rings (SSSR count). The van der Waals surface area contributed by atoms with E-state index in [9.17, 15) is 0 Å². The van der Waals surface area contributed by atoms with Crippen LogP contribution in [0.15, 0.2) is 22.7 Å². The monoisotopic (exact) mass is 351 g/mol. The van der Waals surface area contributed by atoms with Gasteiger partial charge in [-0.05, 0) is 62.6 Å². The van der Waals surface area contributed by atoms with Gasteiger partial charge >= 0.3 is 0 Å². The summed E-state index contributed by atoms with van der Waals surface area (Å²) in [6, 6.07) is 7.15. The van der Waals surface area contributed by atoms with E-state index in [1.165, 1.54) is 50.5 Å². The molecule has 1 aromatic rings. The van der Waals surface area contributed by atoms with E-state index in [0.29, 0.717) is 6.10 Å². The molecule has 0 saturated heterocycles. The normalized spacial score (nSPS) is 25.8. The molecule has 2 aliphatic rings. The van der Waals surface area contributed by atoms with Gasteiger partial charge in [0.1, 0.15) is 5.75 Å². The fraction of sp³-hybridized carbons (Fsp3) is 0.667. The number of hydrogen-bond donors (Lipinski definition) is 1. The Labute approximate surface area is 136 Å². The summed E-state index contributed by atoms with van der Waals surface area (Å²) in [6.07, 6.45) is 9.46. The highest BCUT2D eigenvalue weighted by Gasteiger charge is 2.23. The number of halogens is 1. The number of rotatable bonds is 6. The van der Waals surface area contributed by atoms with Gasteiger partial charge in [0.25, 0.3) is 0 Å². The molecule has 1 aromatic carbocycles. The lowest BCUT2D eigenvalue weighted by molar-refractivity contribution is 0.128. The van der Waals surface area contributed by atoms with Gasteiger partial charge in [0.05, 0.1) is 6.10 Å². The van der Waals surface area contributed by atoms with Crippen LogP contribution in [0, 0.1) is 5.92 Å². The Morgan fingerprint density at radius 3 is 2.57 bits per heavy atom. The van der Waals surface area contributed by atoms with Gasteiger partial charge in [-0.3, -0.25) is 0 Å². The van der Waals surface area contributed by atoms with Crippen LogP contribution in [0.3, 0.4) is 0 Å². The van der Waals surface area contributed by atoms with Gasteiger partial charge < -0.3 is 10.1 Å². The van der Waals surface area contributed by atoms with Crippen molar-refractivity contribution in [1.29, 1.82) is 0 Å². The molecule has 116 valence electrons. The smallest absolute Gasteiger partial charge is 0.124 e. The van der Waals surface area contributed by atoms with E-state index in [1.54, 1.807) is 0 Å². The van der Waals surface area contributed by atoms with Crippen molar-refractivity contribution < 1.29 is 4.74 Å². The molecule has 0 bridgehead atoms. The van der Waals surface area contributed by atoms with Crippen LogP contribution in [0.1, 0.15) is 57.4 Å². The Kier molecular flexibility index (Phi) is 5.23. The lowest BCUT2D eigenvalue weighted by Crippen LogP contribution is -2.25. The van der Waals surface area contributed by atoms with Crippen molar-refractivity contribution in [2.24, 2.45) is 5.92 Å². The molecule has 1 N–H and O–H groups in total. The molecule has 2 saturated carbocycles. The van der Waals surface area contributed by atoms with Crippen LogP contribution in [0.4, 0.5) is 0 Å². The van der Waals surface area contributed by atoms with Crippen LogP contribution in [0.5, 0.6) is 5.75 Å². The Morgan fingerprint density at radius 1 is 1.14 bits per heavy atom. The SMILES string of the molecule is CCC1CCC(Oc2ccc(Br)cc2CNC2CC2)CC1. The average Bonchev–Trinajstić information content (AvgIpc) is 3.32. The van der Waals surface area contributed by atoms with Gasteiger partial charge in [0.2, 0.25) is 0 Å². The van der Waals surface area contributed by atoms with E-state index < -0.39 is 0 Å². The number of nitrogens with one attached hydrogen (secondary N) is 1. The van der Waals surface area contributed by atoms with E-state index >= 15 is 0 Å². The highest BCUT2D eigenvalue weighted by Crippen LogP contribution is 2.32. The van der Waals surface area contributed by atoms with Crippen LogP contribution in [0.25, 0.3) is 0 Å². The third-order valence-electron chi connectivity index (χ3n) is 4.85. The Bertz CT molecular complexity index is 464. The van der Waals surface area contributed by atoms with E-state index in [0.717, 1.165) is 28.7 Å². The first-order chi connectivity index (χ1) is 10.2. The highest BCUT2D eigenvalue weighted by molar-refractivity contribution is 9.10. The van der Waals surface area contributed by atoms with Crippen LogP contribution < -0.4 is 10.1 Å². The fourth-order valence-electron chi connectivity index (χ4n) is 3.18. The maximum Gasteiger partial charge on any atom is 0.124 e. The lowest BCUT2D eigenvalue weighted by Gasteiger charge is -2.29.